The normalized spacial score (nSPS) is 43.2. The lowest BCUT2D eigenvalue weighted by molar-refractivity contribution is -0.0529. The minimum atomic E-state index is 0.361. The molecular formula is C18H34N2. The van der Waals surface area contributed by atoms with Gasteiger partial charge in [-0.15, -0.1) is 0 Å². The van der Waals surface area contributed by atoms with E-state index in [2.05, 4.69) is 11.8 Å². The van der Waals surface area contributed by atoms with Crippen molar-refractivity contribution in [2.24, 2.45) is 17.6 Å². The van der Waals surface area contributed by atoms with Crippen molar-refractivity contribution in [1.82, 2.24) is 4.90 Å². The lowest BCUT2D eigenvalue weighted by Crippen LogP contribution is -2.63. The van der Waals surface area contributed by atoms with Gasteiger partial charge < -0.3 is 5.73 Å². The van der Waals surface area contributed by atoms with Crippen molar-refractivity contribution in [3.63, 3.8) is 0 Å². The zero-order valence-corrected chi connectivity index (χ0v) is 13.4. The molecule has 0 aromatic carbocycles. The first-order valence-corrected chi connectivity index (χ1v) is 9.26. The Kier molecular flexibility index (Phi) is 4.72. The number of hydrogen-bond donors (Lipinski definition) is 1. The molecule has 4 atom stereocenters. The fourth-order valence-corrected chi connectivity index (χ4v) is 5.59. The van der Waals surface area contributed by atoms with E-state index < -0.39 is 0 Å². The van der Waals surface area contributed by atoms with E-state index in [1.54, 1.807) is 0 Å². The summed E-state index contributed by atoms with van der Waals surface area (Å²) in [6, 6.07) is 0.872. The van der Waals surface area contributed by atoms with Crippen LogP contribution in [0.15, 0.2) is 0 Å². The second-order valence-electron chi connectivity index (χ2n) is 7.75. The second-order valence-corrected chi connectivity index (χ2v) is 7.75. The molecule has 4 unspecified atom stereocenters. The van der Waals surface area contributed by atoms with Crippen molar-refractivity contribution in [2.75, 3.05) is 13.1 Å². The van der Waals surface area contributed by atoms with Gasteiger partial charge in [0.2, 0.25) is 0 Å². The van der Waals surface area contributed by atoms with Crippen molar-refractivity contribution < 1.29 is 0 Å². The molecule has 116 valence electrons. The van der Waals surface area contributed by atoms with Gasteiger partial charge in [-0.25, -0.2) is 0 Å². The van der Waals surface area contributed by atoms with Crippen molar-refractivity contribution in [1.29, 1.82) is 0 Å². The first-order valence-electron chi connectivity index (χ1n) is 9.26. The molecule has 0 bridgehead atoms. The van der Waals surface area contributed by atoms with Gasteiger partial charge in [0.25, 0.3) is 0 Å². The van der Waals surface area contributed by atoms with Crippen LogP contribution >= 0.6 is 0 Å². The number of nitrogens with two attached hydrogens (primary N) is 1. The smallest absolute Gasteiger partial charge is 0.0337 e. The van der Waals surface area contributed by atoms with Crippen LogP contribution in [0, 0.1) is 11.8 Å². The van der Waals surface area contributed by atoms with Gasteiger partial charge in [0.1, 0.15) is 0 Å². The topological polar surface area (TPSA) is 29.3 Å². The molecule has 0 spiro atoms. The molecule has 0 aromatic heterocycles. The Balaban J connectivity index is 1.79. The van der Waals surface area contributed by atoms with Crippen LogP contribution < -0.4 is 5.73 Å². The molecule has 2 N–H and O–H groups in total. The SMILES string of the molecule is CCC1CCCC(CN)(N2CCCC3CCCCC32)C1. The highest BCUT2D eigenvalue weighted by Crippen LogP contribution is 2.44. The summed E-state index contributed by atoms with van der Waals surface area (Å²) in [7, 11) is 0. The predicted molar refractivity (Wildman–Crippen MR) is 85.7 cm³/mol. The maximum atomic E-state index is 6.37. The summed E-state index contributed by atoms with van der Waals surface area (Å²) in [6.07, 6.45) is 15.7. The van der Waals surface area contributed by atoms with Crippen LogP contribution in [0.4, 0.5) is 0 Å². The average Bonchev–Trinajstić information content (AvgIpc) is 2.54. The van der Waals surface area contributed by atoms with E-state index >= 15 is 0 Å². The number of likely N-dealkylation sites (tertiary alicyclic amines) is 1. The monoisotopic (exact) mass is 278 g/mol. The van der Waals surface area contributed by atoms with Gasteiger partial charge in [-0.05, 0) is 56.9 Å². The van der Waals surface area contributed by atoms with Crippen LogP contribution in [0.1, 0.15) is 77.6 Å². The summed E-state index contributed by atoms with van der Waals surface area (Å²) in [6.45, 7) is 4.60. The molecule has 3 aliphatic rings. The molecule has 1 aliphatic heterocycles. The number of piperidine rings is 1. The Morgan fingerprint density at radius 2 is 1.85 bits per heavy atom. The summed E-state index contributed by atoms with van der Waals surface area (Å²) in [4.78, 5) is 2.93. The van der Waals surface area contributed by atoms with E-state index in [1.165, 1.54) is 77.2 Å². The highest BCUT2D eigenvalue weighted by molar-refractivity contribution is 5.02. The molecule has 2 aliphatic carbocycles. The lowest BCUT2D eigenvalue weighted by Gasteiger charge is -2.56. The third kappa shape index (κ3) is 2.66. The van der Waals surface area contributed by atoms with Gasteiger partial charge in [0.15, 0.2) is 0 Å². The summed E-state index contributed by atoms with van der Waals surface area (Å²) < 4.78 is 0. The zero-order valence-electron chi connectivity index (χ0n) is 13.4. The molecule has 2 heteroatoms. The number of hydrogen-bond acceptors (Lipinski definition) is 2. The zero-order chi connectivity index (χ0) is 14.0. The van der Waals surface area contributed by atoms with Gasteiger partial charge in [-0.3, -0.25) is 4.90 Å². The van der Waals surface area contributed by atoms with Crippen LogP contribution in [0.25, 0.3) is 0 Å². The molecule has 3 rings (SSSR count). The third-order valence-corrected chi connectivity index (χ3v) is 6.73. The molecule has 2 saturated carbocycles. The number of nitrogens with zero attached hydrogens (tertiary/aromatic N) is 1. The molecule has 1 heterocycles. The fourth-order valence-electron chi connectivity index (χ4n) is 5.59. The van der Waals surface area contributed by atoms with Crippen LogP contribution in [-0.2, 0) is 0 Å². The Labute approximate surface area is 125 Å². The molecule has 0 amide bonds. The highest BCUT2D eigenvalue weighted by Gasteiger charge is 2.46. The van der Waals surface area contributed by atoms with Gasteiger partial charge in [0, 0.05) is 18.1 Å². The van der Waals surface area contributed by atoms with Crippen LogP contribution in [-0.4, -0.2) is 29.6 Å². The number of rotatable bonds is 3. The second kappa shape index (κ2) is 6.36. The fraction of sp³-hybridized carbons (Fsp3) is 1.00. The number of fused-ring (bicyclic) bond motifs is 1. The molecule has 2 nitrogen and oxygen atoms in total. The Hall–Kier alpha value is -0.0800. The van der Waals surface area contributed by atoms with Gasteiger partial charge in [-0.2, -0.15) is 0 Å². The van der Waals surface area contributed by atoms with E-state index in [0.717, 1.165) is 24.4 Å². The summed E-state index contributed by atoms with van der Waals surface area (Å²) >= 11 is 0. The van der Waals surface area contributed by atoms with Gasteiger partial charge in [-0.1, -0.05) is 39.0 Å². The first-order chi connectivity index (χ1) is 9.79. The molecule has 0 aromatic rings. The maximum Gasteiger partial charge on any atom is 0.0337 e. The van der Waals surface area contributed by atoms with Crippen molar-refractivity contribution in [2.45, 2.75) is 89.1 Å². The van der Waals surface area contributed by atoms with Gasteiger partial charge in [0.05, 0.1) is 0 Å². The van der Waals surface area contributed by atoms with Crippen LogP contribution in [0.2, 0.25) is 0 Å². The van der Waals surface area contributed by atoms with Crippen molar-refractivity contribution in [3.05, 3.63) is 0 Å². The Bertz CT molecular complexity index is 315. The minimum absolute atomic E-state index is 0.361. The highest BCUT2D eigenvalue weighted by atomic mass is 15.2. The maximum absolute atomic E-state index is 6.37. The van der Waals surface area contributed by atoms with Crippen LogP contribution in [0.5, 0.6) is 0 Å². The molecule has 20 heavy (non-hydrogen) atoms. The van der Waals surface area contributed by atoms with E-state index in [9.17, 15) is 0 Å². The average molecular weight is 278 g/mol. The minimum Gasteiger partial charge on any atom is -0.329 e. The summed E-state index contributed by atoms with van der Waals surface area (Å²) in [5, 5.41) is 0. The van der Waals surface area contributed by atoms with Crippen molar-refractivity contribution >= 4 is 0 Å². The summed E-state index contributed by atoms with van der Waals surface area (Å²) in [5.41, 5.74) is 6.73. The standard InChI is InChI=1S/C18H34N2/c1-2-15-7-5-11-18(13-15,14-19)20-12-6-9-16-8-3-4-10-17(16)20/h15-17H,2-14,19H2,1H3. The van der Waals surface area contributed by atoms with Gasteiger partial charge >= 0.3 is 0 Å². The van der Waals surface area contributed by atoms with E-state index in [0.29, 0.717) is 5.54 Å². The first kappa shape index (κ1) is 14.8. The molecular weight excluding hydrogens is 244 g/mol. The Morgan fingerprint density at radius 1 is 1.05 bits per heavy atom. The summed E-state index contributed by atoms with van der Waals surface area (Å²) in [5.74, 6) is 1.92. The van der Waals surface area contributed by atoms with E-state index in [1.807, 2.05) is 0 Å². The third-order valence-electron chi connectivity index (χ3n) is 6.73. The Morgan fingerprint density at radius 3 is 2.65 bits per heavy atom. The predicted octanol–water partition coefficient (Wildman–Crippen LogP) is 3.94. The van der Waals surface area contributed by atoms with Crippen molar-refractivity contribution in [3.8, 4) is 0 Å². The van der Waals surface area contributed by atoms with E-state index in [4.69, 9.17) is 5.73 Å². The molecule has 3 fully saturated rings. The molecule has 0 radical (unpaired) electrons. The van der Waals surface area contributed by atoms with Crippen LogP contribution in [0.3, 0.4) is 0 Å². The largest absolute Gasteiger partial charge is 0.329 e. The lowest BCUT2D eigenvalue weighted by atomic mass is 9.69. The quantitative estimate of drug-likeness (QED) is 0.847. The van der Waals surface area contributed by atoms with E-state index in [-0.39, 0.29) is 0 Å². The molecule has 1 saturated heterocycles.